The first-order chi connectivity index (χ1) is 10.1. The third kappa shape index (κ3) is 20.4. The van der Waals surface area contributed by atoms with E-state index >= 15 is 0 Å². The lowest BCUT2D eigenvalue weighted by Gasteiger charge is -2.07. The Kier molecular flexibility index (Phi) is 15.5. The minimum Gasteiger partial charge on any atom is -0.379 e. The Bertz CT molecular complexity index is 313. The van der Waals surface area contributed by atoms with Crippen LogP contribution in [-0.4, -0.2) is 72.9 Å². The molecule has 0 heterocycles. The van der Waals surface area contributed by atoms with Gasteiger partial charge in [0.2, 0.25) is 9.05 Å². The second-order valence-electron chi connectivity index (χ2n) is 4.09. The maximum absolute atomic E-state index is 10.6. The van der Waals surface area contributed by atoms with Crippen LogP contribution >= 0.6 is 22.3 Å². The zero-order valence-corrected chi connectivity index (χ0v) is 14.4. The number of hydrogen-bond donors (Lipinski definition) is 0. The van der Waals surface area contributed by atoms with Gasteiger partial charge in [0.15, 0.2) is 0 Å². The molecule has 128 valence electrons. The molecule has 0 aliphatic rings. The average molecular weight is 367 g/mol. The van der Waals surface area contributed by atoms with Crippen LogP contribution in [-0.2, 0) is 28.0 Å². The fourth-order valence-electron chi connectivity index (χ4n) is 1.29. The van der Waals surface area contributed by atoms with E-state index < -0.39 is 9.05 Å². The second kappa shape index (κ2) is 15.3. The van der Waals surface area contributed by atoms with E-state index in [1.807, 2.05) is 0 Å². The Hall–Kier alpha value is 0.370. The third-order valence-electron chi connectivity index (χ3n) is 2.26. The average Bonchev–Trinajstić information content (AvgIpc) is 2.42. The number of alkyl halides is 1. The van der Waals surface area contributed by atoms with Crippen molar-refractivity contribution < 1.29 is 27.4 Å². The summed E-state index contributed by atoms with van der Waals surface area (Å²) in [5.74, 6) is 0.477. The molecule has 0 aromatic rings. The Labute approximate surface area is 136 Å². The highest BCUT2D eigenvalue weighted by atomic mass is 35.7. The van der Waals surface area contributed by atoms with E-state index in [9.17, 15) is 8.42 Å². The van der Waals surface area contributed by atoms with Crippen molar-refractivity contribution in [2.24, 2.45) is 0 Å². The fourth-order valence-corrected chi connectivity index (χ4v) is 2.28. The summed E-state index contributed by atoms with van der Waals surface area (Å²) in [6.07, 6.45) is 1.17. The molecule has 0 amide bonds. The molecule has 0 aliphatic carbocycles. The molecule has 0 aromatic heterocycles. The molecule has 0 unspecified atom stereocenters. The van der Waals surface area contributed by atoms with Crippen LogP contribution in [0.2, 0.25) is 0 Å². The van der Waals surface area contributed by atoms with Gasteiger partial charge in [-0.25, -0.2) is 8.42 Å². The van der Waals surface area contributed by atoms with E-state index in [2.05, 4.69) is 0 Å². The fraction of sp³-hybridized carbons (Fsp3) is 1.00. The monoisotopic (exact) mass is 366 g/mol. The SMILES string of the molecule is O=S(=O)(Cl)CCCCOCCOCCOCCOCCCl. The molecular weight excluding hydrogens is 343 g/mol. The zero-order chi connectivity index (χ0) is 15.8. The molecule has 0 spiro atoms. The van der Waals surface area contributed by atoms with E-state index in [1.54, 1.807) is 0 Å². The highest BCUT2D eigenvalue weighted by molar-refractivity contribution is 8.13. The maximum atomic E-state index is 10.6. The van der Waals surface area contributed by atoms with Crippen molar-refractivity contribution in [2.45, 2.75) is 12.8 Å². The molecule has 0 saturated heterocycles. The molecular formula is C12H24Cl2O6S. The van der Waals surface area contributed by atoms with Crippen LogP contribution in [0.4, 0.5) is 0 Å². The van der Waals surface area contributed by atoms with Crippen molar-refractivity contribution in [3.05, 3.63) is 0 Å². The van der Waals surface area contributed by atoms with Gasteiger partial charge in [-0.05, 0) is 12.8 Å². The van der Waals surface area contributed by atoms with Gasteiger partial charge < -0.3 is 18.9 Å². The molecule has 0 bridgehead atoms. The highest BCUT2D eigenvalue weighted by Gasteiger charge is 2.03. The number of ether oxygens (including phenoxy) is 4. The highest BCUT2D eigenvalue weighted by Crippen LogP contribution is 2.01. The Balaban J connectivity index is 3.03. The Morgan fingerprint density at radius 3 is 1.52 bits per heavy atom. The van der Waals surface area contributed by atoms with Gasteiger partial charge in [0.1, 0.15) is 0 Å². The van der Waals surface area contributed by atoms with Crippen LogP contribution in [0.15, 0.2) is 0 Å². The summed E-state index contributed by atoms with van der Waals surface area (Å²) in [6.45, 7) is 4.08. The summed E-state index contributed by atoms with van der Waals surface area (Å²) in [6, 6.07) is 0. The van der Waals surface area contributed by atoms with E-state index in [1.165, 1.54) is 0 Å². The van der Waals surface area contributed by atoms with Gasteiger partial charge in [0.25, 0.3) is 0 Å². The lowest BCUT2D eigenvalue weighted by atomic mass is 10.4. The summed E-state index contributed by atoms with van der Waals surface area (Å²) in [5, 5.41) is 0. The van der Waals surface area contributed by atoms with Gasteiger partial charge in [-0.15, -0.1) is 11.6 Å². The Morgan fingerprint density at radius 2 is 1.10 bits per heavy atom. The topological polar surface area (TPSA) is 71.1 Å². The minimum atomic E-state index is -3.38. The Morgan fingerprint density at radius 1 is 0.667 bits per heavy atom. The predicted octanol–water partition coefficient (Wildman–Crippen LogP) is 1.64. The molecule has 21 heavy (non-hydrogen) atoms. The van der Waals surface area contributed by atoms with Crippen molar-refractivity contribution in [3.8, 4) is 0 Å². The smallest absolute Gasteiger partial charge is 0.232 e. The molecule has 6 nitrogen and oxygen atoms in total. The van der Waals surface area contributed by atoms with Gasteiger partial charge in [-0.3, -0.25) is 0 Å². The maximum Gasteiger partial charge on any atom is 0.232 e. The van der Waals surface area contributed by atoms with Crippen molar-refractivity contribution in [1.82, 2.24) is 0 Å². The number of unbranched alkanes of at least 4 members (excludes halogenated alkanes) is 1. The number of rotatable bonds is 16. The van der Waals surface area contributed by atoms with Crippen LogP contribution in [0.1, 0.15) is 12.8 Å². The second-order valence-corrected chi connectivity index (χ2v) is 7.36. The van der Waals surface area contributed by atoms with Crippen molar-refractivity contribution >= 4 is 31.3 Å². The largest absolute Gasteiger partial charge is 0.379 e. The van der Waals surface area contributed by atoms with E-state index in [4.69, 9.17) is 41.2 Å². The van der Waals surface area contributed by atoms with Crippen LogP contribution in [0.25, 0.3) is 0 Å². The van der Waals surface area contributed by atoms with E-state index in [-0.39, 0.29) is 5.75 Å². The quantitative estimate of drug-likeness (QED) is 0.235. The van der Waals surface area contributed by atoms with Crippen LogP contribution < -0.4 is 0 Å². The molecule has 0 atom stereocenters. The molecule has 0 saturated carbocycles. The standard InChI is InChI=1S/C12H24Cl2O6S/c13-3-5-18-7-9-20-11-10-19-8-6-17-4-1-2-12-21(14,15)16/h1-12H2. The van der Waals surface area contributed by atoms with E-state index in [0.717, 1.165) is 0 Å². The summed E-state index contributed by atoms with van der Waals surface area (Å²) < 4.78 is 42.3. The van der Waals surface area contributed by atoms with Gasteiger partial charge in [0.05, 0.1) is 52.0 Å². The number of halogens is 2. The molecule has 0 aliphatic heterocycles. The van der Waals surface area contributed by atoms with Gasteiger partial charge in [-0.2, -0.15) is 0 Å². The van der Waals surface area contributed by atoms with Crippen LogP contribution in [0, 0.1) is 0 Å². The molecule has 9 heteroatoms. The normalized spacial score (nSPS) is 11.9. The first kappa shape index (κ1) is 21.4. The molecule has 0 rings (SSSR count). The summed E-state index contributed by atoms with van der Waals surface area (Å²) in [5.41, 5.74) is 0. The third-order valence-corrected chi connectivity index (χ3v) is 3.66. The van der Waals surface area contributed by atoms with Crippen LogP contribution in [0.5, 0.6) is 0 Å². The summed E-state index contributed by atoms with van der Waals surface area (Å²) in [7, 11) is 1.70. The summed E-state index contributed by atoms with van der Waals surface area (Å²) in [4.78, 5) is 0. The molecule has 0 N–H and O–H groups in total. The number of hydrogen-bond acceptors (Lipinski definition) is 6. The predicted molar refractivity (Wildman–Crippen MR) is 82.9 cm³/mol. The van der Waals surface area contributed by atoms with Crippen molar-refractivity contribution in [1.29, 1.82) is 0 Å². The van der Waals surface area contributed by atoms with Gasteiger partial charge in [0, 0.05) is 23.2 Å². The lowest BCUT2D eigenvalue weighted by Crippen LogP contribution is -2.12. The van der Waals surface area contributed by atoms with Crippen molar-refractivity contribution in [3.63, 3.8) is 0 Å². The van der Waals surface area contributed by atoms with Crippen molar-refractivity contribution in [2.75, 3.05) is 64.5 Å². The first-order valence-electron chi connectivity index (χ1n) is 6.85. The molecule has 0 radical (unpaired) electrons. The first-order valence-corrected chi connectivity index (χ1v) is 9.87. The molecule has 0 fully saturated rings. The molecule has 0 aromatic carbocycles. The zero-order valence-electron chi connectivity index (χ0n) is 12.1. The lowest BCUT2D eigenvalue weighted by molar-refractivity contribution is -0.000533. The van der Waals surface area contributed by atoms with Crippen LogP contribution in [0.3, 0.4) is 0 Å². The minimum absolute atomic E-state index is 0.0135. The van der Waals surface area contributed by atoms with E-state index in [0.29, 0.717) is 71.6 Å². The van der Waals surface area contributed by atoms with Gasteiger partial charge >= 0.3 is 0 Å². The van der Waals surface area contributed by atoms with Gasteiger partial charge in [-0.1, -0.05) is 0 Å². The summed E-state index contributed by atoms with van der Waals surface area (Å²) >= 11 is 5.44.